The maximum absolute atomic E-state index is 5.84. The van der Waals surface area contributed by atoms with Crippen molar-refractivity contribution < 1.29 is 4.74 Å². The highest BCUT2D eigenvalue weighted by Gasteiger charge is 2.59. The summed E-state index contributed by atoms with van der Waals surface area (Å²) in [5.74, 6) is 1.53. The predicted octanol–water partition coefficient (Wildman–Crippen LogP) is 1.35. The molecule has 0 bridgehead atoms. The van der Waals surface area contributed by atoms with E-state index in [-0.39, 0.29) is 11.0 Å². The van der Waals surface area contributed by atoms with Gasteiger partial charge in [-0.2, -0.15) is 0 Å². The minimum absolute atomic E-state index is 0.156. The van der Waals surface area contributed by atoms with Crippen molar-refractivity contribution in [3.8, 4) is 0 Å². The molecule has 1 saturated heterocycles. The van der Waals surface area contributed by atoms with Gasteiger partial charge in [-0.3, -0.25) is 4.99 Å². The number of guanidine groups is 1. The molecule has 0 aromatic rings. The Morgan fingerprint density at radius 3 is 2.62 bits per heavy atom. The molecule has 0 aromatic heterocycles. The second-order valence-electron chi connectivity index (χ2n) is 7.86. The fourth-order valence-electron chi connectivity index (χ4n) is 3.58. The van der Waals surface area contributed by atoms with Crippen LogP contribution >= 0.6 is 0 Å². The molecule has 1 aliphatic heterocycles. The number of rotatable bonds is 4. The van der Waals surface area contributed by atoms with Crippen molar-refractivity contribution >= 4 is 5.96 Å². The molecule has 2 rings (SSSR count). The maximum Gasteiger partial charge on any atom is 0.191 e. The first kappa shape index (κ1) is 16.6. The van der Waals surface area contributed by atoms with Crippen LogP contribution in [0.2, 0.25) is 0 Å². The van der Waals surface area contributed by atoms with Gasteiger partial charge in [0.15, 0.2) is 5.96 Å². The molecular formula is C16H32N4O. The fraction of sp³-hybridized carbons (Fsp3) is 0.938. The van der Waals surface area contributed by atoms with Gasteiger partial charge in [0.25, 0.3) is 0 Å². The van der Waals surface area contributed by atoms with E-state index in [2.05, 4.69) is 55.6 Å². The Hall–Kier alpha value is -0.810. The molecule has 0 spiro atoms. The summed E-state index contributed by atoms with van der Waals surface area (Å²) in [7, 11) is 1.83. The van der Waals surface area contributed by atoms with E-state index in [9.17, 15) is 0 Å². The third-order valence-corrected chi connectivity index (χ3v) is 4.69. The minimum Gasteiger partial charge on any atom is -0.377 e. The van der Waals surface area contributed by atoms with Crippen molar-refractivity contribution in [1.29, 1.82) is 0 Å². The fourth-order valence-corrected chi connectivity index (χ4v) is 3.58. The first-order valence-electron chi connectivity index (χ1n) is 8.09. The molecule has 0 radical (unpaired) electrons. The van der Waals surface area contributed by atoms with Crippen LogP contribution in [0.5, 0.6) is 0 Å². The van der Waals surface area contributed by atoms with Gasteiger partial charge in [-0.15, -0.1) is 0 Å². The Bertz CT molecular complexity index is 386. The van der Waals surface area contributed by atoms with Gasteiger partial charge in [-0.1, -0.05) is 13.8 Å². The molecule has 1 aliphatic carbocycles. The Morgan fingerprint density at radius 1 is 1.29 bits per heavy atom. The van der Waals surface area contributed by atoms with E-state index in [1.807, 2.05) is 7.05 Å². The average molecular weight is 296 g/mol. The Labute approximate surface area is 129 Å². The van der Waals surface area contributed by atoms with Crippen molar-refractivity contribution in [2.75, 3.05) is 26.7 Å². The second kappa shape index (κ2) is 6.13. The van der Waals surface area contributed by atoms with E-state index in [4.69, 9.17) is 4.74 Å². The molecule has 21 heavy (non-hydrogen) atoms. The van der Waals surface area contributed by atoms with Gasteiger partial charge in [-0.25, -0.2) is 0 Å². The third-order valence-electron chi connectivity index (χ3n) is 4.69. The van der Waals surface area contributed by atoms with Crippen molar-refractivity contribution in [2.45, 2.75) is 58.7 Å². The van der Waals surface area contributed by atoms with Crippen molar-refractivity contribution in [3.63, 3.8) is 0 Å². The largest absolute Gasteiger partial charge is 0.377 e. The molecule has 5 heteroatoms. The van der Waals surface area contributed by atoms with Crippen molar-refractivity contribution in [3.05, 3.63) is 0 Å². The molecule has 3 atom stereocenters. The zero-order valence-corrected chi connectivity index (χ0v) is 14.4. The van der Waals surface area contributed by atoms with E-state index in [1.165, 1.54) is 0 Å². The lowest BCUT2D eigenvalue weighted by Crippen LogP contribution is -2.68. The minimum atomic E-state index is 0.156. The number of ether oxygens (including phenoxy) is 1. The average Bonchev–Trinajstić information content (AvgIpc) is 2.83. The molecule has 0 aromatic carbocycles. The summed E-state index contributed by atoms with van der Waals surface area (Å²) >= 11 is 0. The number of hydrogen-bond donors (Lipinski definition) is 3. The molecule has 1 heterocycles. The van der Waals surface area contributed by atoms with E-state index in [0.717, 1.165) is 32.1 Å². The number of hydrogen-bond acceptors (Lipinski definition) is 3. The highest BCUT2D eigenvalue weighted by Crippen LogP contribution is 2.51. The van der Waals surface area contributed by atoms with Crippen LogP contribution in [0.25, 0.3) is 0 Å². The lowest BCUT2D eigenvalue weighted by molar-refractivity contribution is -0.106. The molecule has 2 aliphatic rings. The van der Waals surface area contributed by atoms with E-state index in [1.54, 1.807) is 0 Å². The van der Waals surface area contributed by atoms with Crippen LogP contribution in [-0.2, 0) is 4.74 Å². The maximum atomic E-state index is 5.84. The topological polar surface area (TPSA) is 57.7 Å². The molecular weight excluding hydrogens is 264 g/mol. The second-order valence-corrected chi connectivity index (χ2v) is 7.86. The third kappa shape index (κ3) is 3.69. The molecule has 3 N–H and O–H groups in total. The smallest absolute Gasteiger partial charge is 0.191 e. The SMILES string of the molecule is CN=C(NCCNC(C)(C)C)NC1C2CCOC2C1(C)C. The summed E-state index contributed by atoms with van der Waals surface area (Å²) in [6.45, 7) is 13.8. The number of nitrogens with one attached hydrogen (secondary N) is 3. The first-order chi connectivity index (χ1) is 9.75. The monoisotopic (exact) mass is 296 g/mol. The molecule has 3 unspecified atom stereocenters. The summed E-state index contributed by atoms with van der Waals surface area (Å²) in [5.41, 5.74) is 0.339. The quantitative estimate of drug-likeness (QED) is 0.416. The van der Waals surface area contributed by atoms with Crippen LogP contribution in [0.1, 0.15) is 41.0 Å². The Balaban J connectivity index is 1.78. The van der Waals surface area contributed by atoms with Gasteiger partial charge in [0.1, 0.15) is 0 Å². The summed E-state index contributed by atoms with van der Waals surface area (Å²) in [4.78, 5) is 4.35. The lowest BCUT2D eigenvalue weighted by Gasteiger charge is -2.54. The van der Waals surface area contributed by atoms with Crippen LogP contribution in [-0.4, -0.2) is 50.4 Å². The van der Waals surface area contributed by atoms with E-state index in [0.29, 0.717) is 18.1 Å². The summed E-state index contributed by atoms with van der Waals surface area (Å²) in [6.07, 6.45) is 1.57. The van der Waals surface area contributed by atoms with Gasteiger partial charge in [0, 0.05) is 49.7 Å². The standard InChI is InChI=1S/C16H32N4O/c1-15(2,3)19-9-8-18-14(17-6)20-12-11-7-10-21-13(11)16(12,4)5/h11-13,19H,7-10H2,1-6H3,(H2,17,18,20). The van der Waals surface area contributed by atoms with E-state index >= 15 is 0 Å². The van der Waals surface area contributed by atoms with E-state index < -0.39 is 0 Å². The normalized spacial score (nSPS) is 31.5. The van der Waals surface area contributed by atoms with Crippen LogP contribution in [0.4, 0.5) is 0 Å². The van der Waals surface area contributed by atoms with Crippen molar-refractivity contribution in [1.82, 2.24) is 16.0 Å². The van der Waals surface area contributed by atoms with Crippen molar-refractivity contribution in [2.24, 2.45) is 16.3 Å². The van der Waals surface area contributed by atoms with Gasteiger partial charge in [0.05, 0.1) is 6.10 Å². The summed E-state index contributed by atoms with van der Waals surface area (Å²) < 4.78 is 5.84. The number of aliphatic imine (C=N–C) groups is 1. The number of nitrogens with zero attached hydrogens (tertiary/aromatic N) is 1. The Kier molecular flexibility index (Phi) is 4.83. The van der Waals surface area contributed by atoms with Crippen LogP contribution < -0.4 is 16.0 Å². The zero-order chi connectivity index (χ0) is 15.7. The molecule has 0 amide bonds. The van der Waals surface area contributed by atoms with Gasteiger partial charge in [-0.05, 0) is 27.2 Å². The molecule has 2 fully saturated rings. The molecule has 1 saturated carbocycles. The Morgan fingerprint density at radius 2 is 2.00 bits per heavy atom. The van der Waals surface area contributed by atoms with Crippen LogP contribution in [0, 0.1) is 11.3 Å². The summed E-state index contributed by atoms with van der Waals surface area (Å²) in [5, 5.41) is 10.5. The van der Waals surface area contributed by atoms with Crippen LogP contribution in [0.15, 0.2) is 4.99 Å². The predicted molar refractivity (Wildman–Crippen MR) is 87.7 cm³/mol. The lowest BCUT2D eigenvalue weighted by atomic mass is 9.57. The van der Waals surface area contributed by atoms with Gasteiger partial charge >= 0.3 is 0 Å². The first-order valence-corrected chi connectivity index (χ1v) is 8.09. The zero-order valence-electron chi connectivity index (χ0n) is 14.4. The highest BCUT2D eigenvalue weighted by atomic mass is 16.5. The molecule has 5 nitrogen and oxygen atoms in total. The van der Waals surface area contributed by atoms with Crippen LogP contribution in [0.3, 0.4) is 0 Å². The van der Waals surface area contributed by atoms with Gasteiger partial charge < -0.3 is 20.7 Å². The molecule has 122 valence electrons. The highest BCUT2D eigenvalue weighted by molar-refractivity contribution is 5.80. The number of fused-ring (bicyclic) bond motifs is 1. The summed E-state index contributed by atoms with van der Waals surface area (Å²) in [6, 6.07) is 0.451. The van der Waals surface area contributed by atoms with Gasteiger partial charge in [0.2, 0.25) is 0 Å².